The zero-order chi connectivity index (χ0) is 19.3. The molecule has 1 heterocycles. The maximum atomic E-state index is 11.7. The van der Waals surface area contributed by atoms with Crippen molar-refractivity contribution in [3.8, 4) is 0 Å². The fraction of sp³-hybridized carbons (Fsp3) is 0.579. The van der Waals surface area contributed by atoms with Crippen molar-refractivity contribution in [2.24, 2.45) is 10.9 Å². The summed E-state index contributed by atoms with van der Waals surface area (Å²) in [6.45, 7) is 6.38. The molecule has 26 heavy (non-hydrogen) atoms. The zero-order valence-electron chi connectivity index (χ0n) is 15.8. The van der Waals surface area contributed by atoms with Gasteiger partial charge in [-0.1, -0.05) is 43.1 Å². The molecule has 1 N–H and O–H groups in total. The summed E-state index contributed by atoms with van der Waals surface area (Å²) < 4.78 is 4.85. The predicted octanol–water partition coefficient (Wildman–Crippen LogP) is 3.73. The highest BCUT2D eigenvalue weighted by Gasteiger charge is 2.29. The van der Waals surface area contributed by atoms with Gasteiger partial charge in [0, 0.05) is 42.1 Å². The topological polar surface area (TPSA) is 53.9 Å². The van der Waals surface area contributed by atoms with Gasteiger partial charge in [-0.25, -0.2) is 0 Å². The Balaban J connectivity index is 2.00. The fourth-order valence-electron chi connectivity index (χ4n) is 3.36. The van der Waals surface area contributed by atoms with Crippen molar-refractivity contribution >= 4 is 35.1 Å². The quantitative estimate of drug-likeness (QED) is 0.476. The third kappa shape index (κ3) is 4.83. The molecular weight excluding hydrogens is 373 g/mol. The van der Waals surface area contributed by atoms with E-state index in [0.717, 1.165) is 37.5 Å². The molecule has 1 aliphatic rings. The van der Waals surface area contributed by atoms with Crippen LogP contribution in [0.15, 0.2) is 23.2 Å². The largest absolute Gasteiger partial charge is 0.469 e. The number of likely N-dealkylation sites (tertiary alicyclic amines) is 1. The second-order valence-corrected chi connectivity index (χ2v) is 7.98. The van der Waals surface area contributed by atoms with Crippen LogP contribution in [-0.4, -0.2) is 50.6 Å². The molecule has 0 radical (unpaired) electrons. The number of hydrogen-bond donors (Lipinski definition) is 1. The SMILES string of the molecule is CN=C(NCC(C)(C)c1c(Cl)cccc1Cl)N1CCC(C(=O)OC)CC1. The number of aliphatic imine (C=N–C) groups is 1. The highest BCUT2D eigenvalue weighted by Crippen LogP contribution is 2.35. The molecule has 0 spiro atoms. The Kier molecular flexibility index (Phi) is 7.18. The molecule has 0 aliphatic carbocycles. The number of halogens is 2. The molecule has 1 aliphatic heterocycles. The van der Waals surface area contributed by atoms with E-state index in [2.05, 4.69) is 29.1 Å². The van der Waals surface area contributed by atoms with Crippen LogP contribution >= 0.6 is 23.2 Å². The van der Waals surface area contributed by atoms with E-state index in [9.17, 15) is 4.79 Å². The van der Waals surface area contributed by atoms with E-state index in [1.54, 1.807) is 7.05 Å². The van der Waals surface area contributed by atoms with Gasteiger partial charge in [-0.2, -0.15) is 0 Å². The lowest BCUT2D eigenvalue weighted by Gasteiger charge is -2.35. The Bertz CT molecular complexity index is 648. The van der Waals surface area contributed by atoms with Crippen LogP contribution < -0.4 is 5.32 Å². The van der Waals surface area contributed by atoms with Gasteiger partial charge in [-0.15, -0.1) is 0 Å². The van der Waals surface area contributed by atoms with Crippen molar-refractivity contribution in [1.29, 1.82) is 0 Å². The van der Waals surface area contributed by atoms with E-state index in [1.807, 2.05) is 18.2 Å². The van der Waals surface area contributed by atoms with Crippen molar-refractivity contribution in [2.75, 3.05) is 33.8 Å². The zero-order valence-corrected chi connectivity index (χ0v) is 17.3. The molecule has 0 bridgehead atoms. The minimum atomic E-state index is -0.268. The molecule has 144 valence electrons. The average Bonchev–Trinajstić information content (AvgIpc) is 2.61. The molecule has 0 saturated carbocycles. The summed E-state index contributed by atoms with van der Waals surface area (Å²) in [6.07, 6.45) is 1.54. The lowest BCUT2D eigenvalue weighted by Crippen LogP contribution is -2.49. The van der Waals surface area contributed by atoms with Crippen LogP contribution in [0, 0.1) is 5.92 Å². The van der Waals surface area contributed by atoms with Crippen LogP contribution in [0.5, 0.6) is 0 Å². The van der Waals surface area contributed by atoms with E-state index >= 15 is 0 Å². The number of carbonyl (C=O) groups excluding carboxylic acids is 1. The number of esters is 1. The van der Waals surface area contributed by atoms with E-state index in [0.29, 0.717) is 16.6 Å². The summed E-state index contributed by atoms with van der Waals surface area (Å²) in [5, 5.41) is 4.76. The number of ether oxygens (including phenoxy) is 1. The number of nitrogens with zero attached hydrogens (tertiary/aromatic N) is 2. The smallest absolute Gasteiger partial charge is 0.308 e. The standard InChI is InChI=1S/C19H27Cl2N3O2/c1-19(2,16-14(20)6-5-7-15(16)21)12-23-18(22-3)24-10-8-13(9-11-24)17(25)26-4/h5-7,13H,8-12H2,1-4H3,(H,22,23). The van der Waals surface area contributed by atoms with E-state index < -0.39 is 0 Å². The van der Waals surface area contributed by atoms with Gasteiger partial charge in [-0.05, 0) is 30.5 Å². The number of methoxy groups -OCH3 is 1. The normalized spacial score (nSPS) is 16.5. The van der Waals surface area contributed by atoms with Gasteiger partial charge < -0.3 is 15.0 Å². The summed E-state index contributed by atoms with van der Waals surface area (Å²) in [6, 6.07) is 5.57. The highest BCUT2D eigenvalue weighted by molar-refractivity contribution is 6.36. The first-order chi connectivity index (χ1) is 12.3. The number of benzene rings is 1. The molecule has 0 atom stereocenters. The van der Waals surface area contributed by atoms with Gasteiger partial charge in [0.15, 0.2) is 5.96 Å². The van der Waals surface area contributed by atoms with Crippen molar-refractivity contribution < 1.29 is 9.53 Å². The Labute approximate surface area is 165 Å². The number of carbonyl (C=O) groups is 1. The second-order valence-electron chi connectivity index (χ2n) is 7.17. The van der Waals surface area contributed by atoms with Gasteiger partial charge in [0.2, 0.25) is 0 Å². The molecule has 0 amide bonds. The number of piperidine rings is 1. The maximum Gasteiger partial charge on any atom is 0.308 e. The Morgan fingerprint density at radius 1 is 1.31 bits per heavy atom. The van der Waals surface area contributed by atoms with Crippen molar-refractivity contribution in [3.05, 3.63) is 33.8 Å². The first-order valence-corrected chi connectivity index (χ1v) is 9.53. The molecule has 7 heteroatoms. The van der Waals surface area contributed by atoms with Gasteiger partial charge in [0.1, 0.15) is 0 Å². The van der Waals surface area contributed by atoms with Crippen LogP contribution in [0.25, 0.3) is 0 Å². The van der Waals surface area contributed by atoms with Crippen molar-refractivity contribution in [2.45, 2.75) is 32.1 Å². The van der Waals surface area contributed by atoms with Gasteiger partial charge >= 0.3 is 5.97 Å². The predicted molar refractivity (Wildman–Crippen MR) is 107 cm³/mol. The van der Waals surface area contributed by atoms with Crippen molar-refractivity contribution in [3.63, 3.8) is 0 Å². The van der Waals surface area contributed by atoms with E-state index in [1.165, 1.54) is 7.11 Å². The Morgan fingerprint density at radius 2 is 1.88 bits per heavy atom. The minimum Gasteiger partial charge on any atom is -0.469 e. The summed E-state index contributed by atoms with van der Waals surface area (Å²) in [5.41, 5.74) is 0.658. The first kappa shape index (κ1) is 20.8. The van der Waals surface area contributed by atoms with Gasteiger partial charge in [0.25, 0.3) is 0 Å². The van der Waals surface area contributed by atoms with Gasteiger partial charge in [-0.3, -0.25) is 9.79 Å². The monoisotopic (exact) mass is 399 g/mol. The highest BCUT2D eigenvalue weighted by atomic mass is 35.5. The molecule has 1 saturated heterocycles. The molecule has 0 unspecified atom stereocenters. The van der Waals surface area contributed by atoms with Crippen LogP contribution in [-0.2, 0) is 14.9 Å². The molecule has 5 nitrogen and oxygen atoms in total. The Hall–Kier alpha value is -1.46. The lowest BCUT2D eigenvalue weighted by atomic mass is 9.84. The maximum absolute atomic E-state index is 11.7. The van der Waals surface area contributed by atoms with Crippen molar-refractivity contribution in [1.82, 2.24) is 10.2 Å². The van der Waals surface area contributed by atoms with E-state index in [-0.39, 0.29) is 17.3 Å². The summed E-state index contributed by atoms with van der Waals surface area (Å²) in [7, 11) is 3.21. The van der Waals surface area contributed by atoms with Crippen LogP contribution in [0.1, 0.15) is 32.3 Å². The molecule has 1 aromatic rings. The number of guanidine groups is 1. The van der Waals surface area contributed by atoms with Crippen LogP contribution in [0.4, 0.5) is 0 Å². The lowest BCUT2D eigenvalue weighted by molar-refractivity contribution is -0.146. The minimum absolute atomic E-state index is 0.0206. The molecular formula is C19H27Cl2N3O2. The average molecular weight is 400 g/mol. The summed E-state index contributed by atoms with van der Waals surface area (Å²) in [5.74, 6) is 0.680. The Morgan fingerprint density at radius 3 is 2.38 bits per heavy atom. The van der Waals surface area contributed by atoms with Gasteiger partial charge in [0.05, 0.1) is 13.0 Å². The number of nitrogens with one attached hydrogen (secondary N) is 1. The van der Waals surface area contributed by atoms with Crippen LogP contribution in [0.3, 0.4) is 0 Å². The molecule has 1 fully saturated rings. The molecule has 0 aromatic heterocycles. The third-order valence-electron chi connectivity index (χ3n) is 4.87. The van der Waals surface area contributed by atoms with E-state index in [4.69, 9.17) is 27.9 Å². The number of rotatable bonds is 4. The number of hydrogen-bond acceptors (Lipinski definition) is 3. The van der Waals surface area contributed by atoms with Crippen LogP contribution in [0.2, 0.25) is 10.0 Å². The summed E-state index contributed by atoms with van der Waals surface area (Å²) in [4.78, 5) is 18.2. The molecule has 2 rings (SSSR count). The molecule has 1 aromatic carbocycles. The second kappa shape index (κ2) is 8.96. The fourth-order valence-corrected chi connectivity index (χ4v) is 4.27. The third-order valence-corrected chi connectivity index (χ3v) is 5.50. The first-order valence-electron chi connectivity index (χ1n) is 8.78. The summed E-state index contributed by atoms with van der Waals surface area (Å²) >= 11 is 12.7.